The highest BCUT2D eigenvalue weighted by atomic mass is 19.1. The molecule has 0 spiro atoms. The van der Waals surface area contributed by atoms with E-state index in [0.717, 1.165) is 35.7 Å². The van der Waals surface area contributed by atoms with E-state index < -0.39 is 11.6 Å². The van der Waals surface area contributed by atoms with Gasteiger partial charge in [-0.05, 0) is 56.4 Å². The number of aromatic nitrogens is 3. The van der Waals surface area contributed by atoms with Crippen molar-refractivity contribution in [3.63, 3.8) is 0 Å². The molecule has 0 radical (unpaired) electrons. The zero-order chi connectivity index (χ0) is 22.8. The predicted octanol–water partition coefficient (Wildman–Crippen LogP) is 4.20. The number of hydrogen-bond donors (Lipinski definition) is 1. The fraction of sp³-hybridized carbons (Fsp3) is 0.333. The lowest BCUT2D eigenvalue weighted by Crippen LogP contribution is -2.38. The Labute approximate surface area is 185 Å². The highest BCUT2D eigenvalue weighted by Crippen LogP contribution is 2.30. The Balaban J connectivity index is 1.41. The number of hydrogen-bond acceptors (Lipinski definition) is 5. The van der Waals surface area contributed by atoms with Gasteiger partial charge in [0.05, 0.1) is 17.5 Å². The number of phenols is 1. The number of carbonyl (C=O) groups excluding carboxylic acids is 2. The number of aldehydes is 1. The maximum Gasteiger partial charge on any atom is 0.253 e. The minimum Gasteiger partial charge on any atom is -0.504 e. The molecule has 3 heterocycles. The highest BCUT2D eigenvalue weighted by Gasteiger charge is 2.26. The van der Waals surface area contributed by atoms with Gasteiger partial charge in [-0.1, -0.05) is 6.07 Å². The summed E-state index contributed by atoms with van der Waals surface area (Å²) < 4.78 is 15.7. The topological polar surface area (TPSA) is 88.3 Å². The third-order valence-corrected chi connectivity index (χ3v) is 5.93. The zero-order valence-corrected chi connectivity index (χ0v) is 18.0. The maximum absolute atomic E-state index is 13.8. The Bertz CT molecular complexity index is 1130. The summed E-state index contributed by atoms with van der Waals surface area (Å²) in [7, 11) is 0. The molecular formula is C24H25FN4O3. The molecule has 0 bridgehead atoms. The molecule has 32 heavy (non-hydrogen) atoms. The summed E-state index contributed by atoms with van der Waals surface area (Å²) >= 11 is 0. The van der Waals surface area contributed by atoms with Crippen molar-refractivity contribution in [3.05, 3.63) is 65.4 Å². The van der Waals surface area contributed by atoms with Crippen LogP contribution in [0.4, 0.5) is 4.39 Å². The van der Waals surface area contributed by atoms with Crippen LogP contribution in [0.25, 0.3) is 11.3 Å². The fourth-order valence-corrected chi connectivity index (χ4v) is 4.00. The Kier molecular flexibility index (Phi) is 6.03. The summed E-state index contributed by atoms with van der Waals surface area (Å²) in [5, 5.41) is 13.9. The van der Waals surface area contributed by atoms with Crippen molar-refractivity contribution in [2.45, 2.75) is 38.6 Å². The minimum atomic E-state index is -0.974. The van der Waals surface area contributed by atoms with E-state index in [1.54, 1.807) is 4.90 Å². The van der Waals surface area contributed by atoms with Crippen molar-refractivity contribution in [1.82, 2.24) is 19.7 Å². The molecule has 1 aliphatic heterocycles. The first kappa shape index (κ1) is 21.7. The molecular weight excluding hydrogens is 411 g/mol. The second-order valence-corrected chi connectivity index (χ2v) is 8.36. The van der Waals surface area contributed by atoms with Gasteiger partial charge in [0.25, 0.3) is 5.91 Å². The second-order valence-electron chi connectivity index (χ2n) is 8.36. The summed E-state index contributed by atoms with van der Waals surface area (Å²) in [6, 6.07) is 6.56. The number of pyridine rings is 1. The van der Waals surface area contributed by atoms with Crippen LogP contribution in [0.15, 0.2) is 42.9 Å². The van der Waals surface area contributed by atoms with Gasteiger partial charge in [0.2, 0.25) is 0 Å². The molecule has 1 saturated heterocycles. The minimum absolute atomic E-state index is 0.0637. The summed E-state index contributed by atoms with van der Waals surface area (Å²) in [6.45, 7) is 5.18. The van der Waals surface area contributed by atoms with Crippen LogP contribution < -0.4 is 0 Å². The van der Waals surface area contributed by atoms with Crippen molar-refractivity contribution in [3.8, 4) is 17.0 Å². The smallest absolute Gasteiger partial charge is 0.253 e. The Morgan fingerprint density at radius 3 is 2.56 bits per heavy atom. The van der Waals surface area contributed by atoms with Crippen molar-refractivity contribution < 1.29 is 19.1 Å². The molecule has 0 saturated carbocycles. The van der Waals surface area contributed by atoms with E-state index in [2.05, 4.69) is 30.0 Å². The number of aromatic hydroxyl groups is 1. The highest BCUT2D eigenvalue weighted by molar-refractivity contribution is 5.96. The van der Waals surface area contributed by atoms with Gasteiger partial charge in [0.15, 0.2) is 17.9 Å². The number of likely N-dealkylation sites (tertiary alicyclic amines) is 1. The average Bonchev–Trinajstić information content (AvgIpc) is 3.31. The number of amides is 1. The summed E-state index contributed by atoms with van der Waals surface area (Å²) in [5.74, 6) is -1.78. The van der Waals surface area contributed by atoms with E-state index in [-0.39, 0.29) is 23.0 Å². The first-order chi connectivity index (χ1) is 15.4. The van der Waals surface area contributed by atoms with Crippen LogP contribution in [0.3, 0.4) is 0 Å². The number of halogens is 1. The van der Waals surface area contributed by atoms with Gasteiger partial charge in [-0.2, -0.15) is 5.10 Å². The lowest BCUT2D eigenvalue weighted by atomic mass is 9.90. The first-order valence-corrected chi connectivity index (χ1v) is 10.6. The van der Waals surface area contributed by atoms with E-state index in [1.807, 2.05) is 29.3 Å². The van der Waals surface area contributed by atoms with Crippen molar-refractivity contribution in [2.75, 3.05) is 13.1 Å². The fourth-order valence-electron chi connectivity index (χ4n) is 4.00. The lowest BCUT2D eigenvalue weighted by molar-refractivity contribution is 0.0712. The van der Waals surface area contributed by atoms with Crippen LogP contribution in [0.1, 0.15) is 64.9 Å². The largest absolute Gasteiger partial charge is 0.504 e. The monoisotopic (exact) mass is 436 g/mol. The molecule has 1 N–H and O–H groups in total. The van der Waals surface area contributed by atoms with Crippen LogP contribution in [0.2, 0.25) is 0 Å². The second kappa shape index (κ2) is 8.90. The molecule has 7 nitrogen and oxygen atoms in total. The van der Waals surface area contributed by atoms with Gasteiger partial charge in [-0.3, -0.25) is 19.3 Å². The normalized spacial score (nSPS) is 14.7. The number of rotatable bonds is 5. The molecule has 2 aromatic heterocycles. The van der Waals surface area contributed by atoms with Gasteiger partial charge < -0.3 is 10.0 Å². The Morgan fingerprint density at radius 1 is 1.22 bits per heavy atom. The molecule has 1 amide bonds. The SMILES string of the molecule is CC(C)n1cc(-c2ccc(C3CCN(C(=O)c4cc(F)c(O)c(C=O)c4)CC3)cn2)cn1. The summed E-state index contributed by atoms with van der Waals surface area (Å²) in [6.07, 6.45) is 7.55. The quantitative estimate of drug-likeness (QED) is 0.606. The Morgan fingerprint density at radius 2 is 1.97 bits per heavy atom. The van der Waals surface area contributed by atoms with Crippen molar-refractivity contribution >= 4 is 12.2 Å². The van der Waals surface area contributed by atoms with Crippen molar-refractivity contribution in [2.24, 2.45) is 0 Å². The number of phenolic OH excluding ortho intramolecular Hbond substituents is 1. The third kappa shape index (κ3) is 4.26. The maximum atomic E-state index is 13.8. The predicted molar refractivity (Wildman–Crippen MR) is 117 cm³/mol. The average molecular weight is 436 g/mol. The molecule has 1 aromatic carbocycles. The van der Waals surface area contributed by atoms with Gasteiger partial charge in [0.1, 0.15) is 0 Å². The molecule has 1 aliphatic rings. The first-order valence-electron chi connectivity index (χ1n) is 10.6. The van der Waals surface area contributed by atoms with Crippen LogP contribution in [0.5, 0.6) is 5.75 Å². The number of benzene rings is 1. The van der Waals surface area contributed by atoms with Gasteiger partial charge in [-0.25, -0.2) is 4.39 Å². The molecule has 3 aromatic rings. The standard InChI is InChI=1S/C24H25FN4O3/c1-15(2)29-13-20(12-27-29)22-4-3-17(11-26-22)16-5-7-28(8-6-16)24(32)18-9-19(14-30)23(31)21(25)10-18/h3-4,9-16,31H,5-8H2,1-2H3. The van der Waals surface area contributed by atoms with Gasteiger partial charge >= 0.3 is 0 Å². The molecule has 4 rings (SSSR count). The molecule has 166 valence electrons. The van der Waals surface area contributed by atoms with E-state index in [4.69, 9.17) is 0 Å². The summed E-state index contributed by atoms with van der Waals surface area (Å²) in [4.78, 5) is 30.0. The van der Waals surface area contributed by atoms with E-state index in [1.165, 1.54) is 6.07 Å². The molecule has 1 fully saturated rings. The van der Waals surface area contributed by atoms with Crippen LogP contribution in [-0.4, -0.2) is 50.1 Å². The van der Waals surface area contributed by atoms with E-state index in [9.17, 15) is 19.1 Å². The Hall–Kier alpha value is -3.55. The van der Waals surface area contributed by atoms with E-state index in [0.29, 0.717) is 25.4 Å². The molecule has 0 aliphatic carbocycles. The van der Waals surface area contributed by atoms with E-state index >= 15 is 0 Å². The number of nitrogens with zero attached hydrogens (tertiary/aromatic N) is 4. The zero-order valence-electron chi connectivity index (χ0n) is 18.0. The molecule has 8 heteroatoms. The van der Waals surface area contributed by atoms with Gasteiger partial charge in [0, 0.05) is 42.7 Å². The van der Waals surface area contributed by atoms with Crippen molar-refractivity contribution in [1.29, 1.82) is 0 Å². The lowest BCUT2D eigenvalue weighted by Gasteiger charge is -2.32. The summed E-state index contributed by atoms with van der Waals surface area (Å²) in [5.41, 5.74) is 2.80. The molecule has 0 atom stereocenters. The van der Waals surface area contributed by atoms with Gasteiger partial charge in [-0.15, -0.1) is 0 Å². The van der Waals surface area contributed by atoms with Crippen LogP contribution in [-0.2, 0) is 0 Å². The third-order valence-electron chi connectivity index (χ3n) is 5.93. The number of carbonyl (C=O) groups is 2. The number of piperidine rings is 1. The van der Waals surface area contributed by atoms with Crippen LogP contribution >= 0.6 is 0 Å². The van der Waals surface area contributed by atoms with Crippen LogP contribution in [0, 0.1) is 5.82 Å². The molecule has 0 unspecified atom stereocenters.